The highest BCUT2D eigenvalue weighted by Gasteiger charge is 2.19. The molecule has 8 heteroatoms. The Kier molecular flexibility index (Phi) is 4.63. The van der Waals surface area contributed by atoms with Gasteiger partial charge in [-0.3, -0.25) is 13.9 Å². The predicted molar refractivity (Wildman–Crippen MR) is 98.4 cm³/mol. The zero-order valence-corrected chi connectivity index (χ0v) is 15.3. The van der Waals surface area contributed by atoms with E-state index in [1.807, 2.05) is 31.2 Å². The fourth-order valence-corrected chi connectivity index (χ4v) is 3.37. The number of rotatable bonds is 4. The fourth-order valence-electron chi connectivity index (χ4n) is 2.62. The van der Waals surface area contributed by atoms with Crippen molar-refractivity contribution in [3.05, 3.63) is 45.1 Å². The van der Waals surface area contributed by atoms with Crippen LogP contribution in [0.5, 0.6) is 5.75 Å². The van der Waals surface area contributed by atoms with E-state index in [4.69, 9.17) is 4.74 Å². The first kappa shape index (κ1) is 17.2. The second-order valence-corrected chi connectivity index (χ2v) is 6.64. The number of nitrogens with zero attached hydrogens (tertiary/aromatic N) is 4. The van der Waals surface area contributed by atoms with E-state index in [9.17, 15) is 9.59 Å². The van der Waals surface area contributed by atoms with Crippen LogP contribution in [0.3, 0.4) is 0 Å². The van der Waals surface area contributed by atoms with Gasteiger partial charge in [-0.05, 0) is 17.9 Å². The molecule has 0 atom stereocenters. The van der Waals surface area contributed by atoms with Crippen molar-refractivity contribution in [2.24, 2.45) is 14.1 Å². The minimum atomic E-state index is -0.422. The molecule has 2 aromatic heterocycles. The molecular weight excluding hydrogens is 340 g/mol. The molecule has 0 aliphatic heterocycles. The van der Waals surface area contributed by atoms with E-state index in [2.05, 4.69) is 9.97 Å². The number of para-hydroxylation sites is 1. The lowest BCUT2D eigenvalue weighted by Gasteiger charge is -2.12. The third-order valence-electron chi connectivity index (χ3n) is 3.90. The zero-order valence-electron chi connectivity index (χ0n) is 14.4. The average molecular weight is 358 g/mol. The Hall–Kier alpha value is -2.61. The largest absolute Gasteiger partial charge is 0.496 e. The van der Waals surface area contributed by atoms with E-state index < -0.39 is 5.69 Å². The number of aryl methyl sites for hydroxylation is 1. The molecule has 0 radical (unpaired) electrons. The Morgan fingerprint density at radius 3 is 2.52 bits per heavy atom. The van der Waals surface area contributed by atoms with Crippen LogP contribution in [0.25, 0.3) is 22.4 Å². The molecule has 25 heavy (non-hydrogen) atoms. The minimum absolute atomic E-state index is 0.319. The van der Waals surface area contributed by atoms with Crippen molar-refractivity contribution >= 4 is 22.8 Å². The van der Waals surface area contributed by atoms with Crippen LogP contribution in [0.15, 0.2) is 38.9 Å². The Labute approximate surface area is 148 Å². The summed E-state index contributed by atoms with van der Waals surface area (Å²) in [5.74, 6) is 1.79. The molecule has 0 spiro atoms. The lowest BCUT2D eigenvalue weighted by Crippen LogP contribution is -2.37. The SMILES string of the molecule is CCSc1nc(-c2ccccc2OC)nc2c1c(=O)n(C)c(=O)n2C. The lowest BCUT2D eigenvalue weighted by molar-refractivity contribution is 0.416. The third kappa shape index (κ3) is 2.82. The molecule has 0 amide bonds. The standard InChI is InChI=1S/C17H18N4O3S/c1-5-25-15-12-14(20(2)17(23)21(3)16(12)22)18-13(19-15)10-8-6-7-9-11(10)24-4/h6-9H,5H2,1-4H3. The molecule has 3 rings (SSSR count). The Balaban J connectivity index is 2.45. The second kappa shape index (κ2) is 6.72. The van der Waals surface area contributed by atoms with Crippen LogP contribution in [0, 0.1) is 0 Å². The lowest BCUT2D eigenvalue weighted by atomic mass is 10.2. The van der Waals surface area contributed by atoms with Crippen LogP contribution in [0.2, 0.25) is 0 Å². The first-order valence-electron chi connectivity index (χ1n) is 7.73. The minimum Gasteiger partial charge on any atom is -0.496 e. The summed E-state index contributed by atoms with van der Waals surface area (Å²) in [6.07, 6.45) is 0. The van der Waals surface area contributed by atoms with Crippen LogP contribution < -0.4 is 16.0 Å². The fraction of sp³-hybridized carbons (Fsp3) is 0.294. The number of benzene rings is 1. The summed E-state index contributed by atoms with van der Waals surface area (Å²) in [7, 11) is 4.63. The van der Waals surface area contributed by atoms with Gasteiger partial charge >= 0.3 is 5.69 Å². The molecule has 0 unspecified atom stereocenters. The Morgan fingerprint density at radius 2 is 1.84 bits per heavy atom. The summed E-state index contributed by atoms with van der Waals surface area (Å²) in [5, 5.41) is 0.916. The average Bonchev–Trinajstić information content (AvgIpc) is 2.64. The van der Waals surface area contributed by atoms with E-state index >= 15 is 0 Å². The molecule has 0 saturated heterocycles. The number of hydrogen-bond acceptors (Lipinski definition) is 6. The number of methoxy groups -OCH3 is 1. The molecule has 0 aliphatic rings. The summed E-state index contributed by atoms with van der Waals surface area (Å²) in [4.78, 5) is 34.0. The Morgan fingerprint density at radius 1 is 1.12 bits per heavy atom. The first-order valence-corrected chi connectivity index (χ1v) is 8.72. The molecule has 7 nitrogen and oxygen atoms in total. The van der Waals surface area contributed by atoms with Gasteiger partial charge in [0, 0.05) is 14.1 Å². The van der Waals surface area contributed by atoms with Crippen molar-refractivity contribution < 1.29 is 4.74 Å². The van der Waals surface area contributed by atoms with E-state index in [0.29, 0.717) is 33.2 Å². The van der Waals surface area contributed by atoms with Gasteiger partial charge in [-0.25, -0.2) is 14.8 Å². The number of ether oxygens (including phenoxy) is 1. The van der Waals surface area contributed by atoms with Crippen LogP contribution in [0.4, 0.5) is 0 Å². The van der Waals surface area contributed by atoms with Crippen molar-refractivity contribution in [1.29, 1.82) is 0 Å². The van der Waals surface area contributed by atoms with Gasteiger partial charge in [0.1, 0.15) is 16.2 Å². The van der Waals surface area contributed by atoms with Gasteiger partial charge in [0.25, 0.3) is 5.56 Å². The molecule has 0 aliphatic carbocycles. The number of hydrogen-bond donors (Lipinski definition) is 0. The molecule has 0 saturated carbocycles. The van der Waals surface area contributed by atoms with Gasteiger partial charge in [-0.1, -0.05) is 19.1 Å². The van der Waals surface area contributed by atoms with Crippen LogP contribution >= 0.6 is 11.8 Å². The number of fused-ring (bicyclic) bond motifs is 1. The smallest absolute Gasteiger partial charge is 0.332 e. The zero-order chi connectivity index (χ0) is 18.1. The topological polar surface area (TPSA) is 79.0 Å². The maximum Gasteiger partial charge on any atom is 0.332 e. The molecule has 0 fully saturated rings. The summed E-state index contributed by atoms with van der Waals surface area (Å²) >= 11 is 1.44. The van der Waals surface area contributed by atoms with Gasteiger partial charge in [0.05, 0.1) is 12.7 Å². The van der Waals surface area contributed by atoms with Gasteiger partial charge in [0.15, 0.2) is 11.5 Å². The quantitative estimate of drug-likeness (QED) is 0.523. The molecule has 3 aromatic rings. The van der Waals surface area contributed by atoms with E-state index in [1.54, 1.807) is 14.2 Å². The van der Waals surface area contributed by atoms with Crippen molar-refractivity contribution in [3.63, 3.8) is 0 Å². The Bertz CT molecular complexity index is 1070. The second-order valence-electron chi connectivity index (χ2n) is 5.39. The first-order chi connectivity index (χ1) is 12.0. The summed E-state index contributed by atoms with van der Waals surface area (Å²) in [6, 6.07) is 7.38. The van der Waals surface area contributed by atoms with E-state index in [-0.39, 0.29) is 5.56 Å². The van der Waals surface area contributed by atoms with E-state index in [0.717, 1.165) is 10.3 Å². The summed E-state index contributed by atoms with van der Waals surface area (Å²) in [6.45, 7) is 1.98. The molecule has 0 bridgehead atoms. The summed E-state index contributed by atoms with van der Waals surface area (Å²) in [5.41, 5.74) is 0.216. The van der Waals surface area contributed by atoms with Gasteiger partial charge < -0.3 is 4.74 Å². The van der Waals surface area contributed by atoms with Crippen LogP contribution in [-0.4, -0.2) is 32.0 Å². The van der Waals surface area contributed by atoms with Gasteiger partial charge in [-0.15, -0.1) is 11.8 Å². The van der Waals surface area contributed by atoms with Gasteiger partial charge in [-0.2, -0.15) is 0 Å². The number of aromatic nitrogens is 4. The highest BCUT2D eigenvalue weighted by atomic mass is 32.2. The van der Waals surface area contributed by atoms with Crippen molar-refractivity contribution in [2.75, 3.05) is 12.9 Å². The molecule has 1 aromatic carbocycles. The third-order valence-corrected chi connectivity index (χ3v) is 4.75. The molecular formula is C17H18N4O3S. The molecule has 0 N–H and O–H groups in total. The van der Waals surface area contributed by atoms with Crippen LogP contribution in [0.1, 0.15) is 6.92 Å². The van der Waals surface area contributed by atoms with Gasteiger partial charge in [0.2, 0.25) is 0 Å². The maximum atomic E-state index is 12.6. The van der Waals surface area contributed by atoms with Crippen LogP contribution in [-0.2, 0) is 14.1 Å². The normalized spacial score (nSPS) is 11.0. The molecule has 130 valence electrons. The highest BCUT2D eigenvalue weighted by Crippen LogP contribution is 2.30. The van der Waals surface area contributed by atoms with E-state index in [1.165, 1.54) is 23.4 Å². The van der Waals surface area contributed by atoms with Crippen molar-refractivity contribution in [3.8, 4) is 17.1 Å². The monoisotopic (exact) mass is 358 g/mol. The maximum absolute atomic E-state index is 12.6. The predicted octanol–water partition coefficient (Wildman–Crippen LogP) is 1.81. The van der Waals surface area contributed by atoms with Crippen molar-refractivity contribution in [2.45, 2.75) is 11.9 Å². The van der Waals surface area contributed by atoms with Crippen molar-refractivity contribution in [1.82, 2.24) is 19.1 Å². The summed E-state index contributed by atoms with van der Waals surface area (Å²) < 4.78 is 7.84. The molecule has 2 heterocycles. The highest BCUT2D eigenvalue weighted by molar-refractivity contribution is 7.99. The number of thioether (sulfide) groups is 1.